The fourth-order valence-corrected chi connectivity index (χ4v) is 4.93. The Bertz CT molecular complexity index is 1440. The number of benzene rings is 2. The molecule has 0 bridgehead atoms. The molecular formula is C27H28N3O4+. The van der Waals surface area contributed by atoms with E-state index in [1.54, 1.807) is 0 Å². The van der Waals surface area contributed by atoms with Gasteiger partial charge in [0.25, 0.3) is 11.8 Å². The summed E-state index contributed by atoms with van der Waals surface area (Å²) < 4.78 is 2.20. The number of amides is 2. The quantitative estimate of drug-likeness (QED) is 0.250. The number of aryl methyl sites for hydroxylation is 3. The second-order valence-electron chi connectivity index (χ2n) is 9.04. The Hall–Kier alpha value is -3.74. The average Bonchev–Trinajstić information content (AvgIpc) is 3.38. The maximum Gasteiger partial charge on any atom is 0.333 e. The van der Waals surface area contributed by atoms with E-state index in [4.69, 9.17) is 4.84 Å². The number of imide groups is 1. The second-order valence-corrected chi connectivity index (χ2v) is 9.04. The normalized spacial score (nSPS) is 14.1. The number of aromatic nitrogens is 2. The number of nitrogens with one attached hydrogen (secondary N) is 1. The van der Waals surface area contributed by atoms with Gasteiger partial charge in [-0.2, -0.15) is 0 Å². The summed E-state index contributed by atoms with van der Waals surface area (Å²) in [4.78, 5) is 43.5. The molecule has 2 aromatic heterocycles. The van der Waals surface area contributed by atoms with Gasteiger partial charge >= 0.3 is 5.97 Å². The molecule has 34 heavy (non-hydrogen) atoms. The van der Waals surface area contributed by atoms with Crippen molar-refractivity contribution in [3.05, 3.63) is 53.9 Å². The van der Waals surface area contributed by atoms with Crippen molar-refractivity contribution in [2.24, 2.45) is 0 Å². The molecule has 0 radical (unpaired) electrons. The molecule has 0 aliphatic carbocycles. The first-order chi connectivity index (χ1) is 16.4. The number of carbonyl (C=O) groups excluding carboxylic acids is 3. The number of hydroxylamine groups is 2. The molecule has 5 rings (SSSR count). The highest BCUT2D eigenvalue weighted by molar-refractivity contribution is 6.16. The Labute approximate surface area is 197 Å². The van der Waals surface area contributed by atoms with Crippen molar-refractivity contribution in [1.29, 1.82) is 0 Å². The fourth-order valence-electron chi connectivity index (χ4n) is 4.93. The van der Waals surface area contributed by atoms with Crippen molar-refractivity contribution in [3.63, 3.8) is 0 Å². The summed E-state index contributed by atoms with van der Waals surface area (Å²) in [6.45, 7) is 5.21. The summed E-state index contributed by atoms with van der Waals surface area (Å²) >= 11 is 0. The van der Waals surface area contributed by atoms with Gasteiger partial charge < -0.3 is 9.82 Å². The predicted molar refractivity (Wildman–Crippen MR) is 129 cm³/mol. The molecule has 7 heteroatoms. The minimum absolute atomic E-state index is 0.111. The van der Waals surface area contributed by atoms with Crippen LogP contribution in [0.25, 0.3) is 32.6 Å². The summed E-state index contributed by atoms with van der Waals surface area (Å²) in [6, 6.07) is 10.6. The maximum absolute atomic E-state index is 11.9. The Balaban J connectivity index is 1.24. The van der Waals surface area contributed by atoms with E-state index in [-0.39, 0.29) is 19.3 Å². The summed E-state index contributed by atoms with van der Waals surface area (Å²) in [5.41, 5.74) is 4.89. The highest BCUT2D eigenvalue weighted by Crippen LogP contribution is 2.35. The van der Waals surface area contributed by atoms with E-state index < -0.39 is 17.8 Å². The maximum atomic E-state index is 11.9. The zero-order chi connectivity index (χ0) is 23.8. The summed E-state index contributed by atoms with van der Waals surface area (Å²) in [5, 5.41) is 5.65. The van der Waals surface area contributed by atoms with Crippen LogP contribution in [-0.2, 0) is 25.8 Å². The number of carbonyl (C=O) groups is 3. The molecule has 1 saturated heterocycles. The Morgan fingerprint density at radius 1 is 0.971 bits per heavy atom. The number of aromatic amines is 1. The van der Waals surface area contributed by atoms with E-state index in [9.17, 15) is 14.4 Å². The molecule has 1 aliphatic heterocycles. The Morgan fingerprint density at radius 2 is 1.74 bits per heavy atom. The monoisotopic (exact) mass is 458 g/mol. The van der Waals surface area contributed by atoms with Crippen molar-refractivity contribution >= 4 is 50.4 Å². The molecule has 0 unspecified atom stereocenters. The van der Waals surface area contributed by atoms with Gasteiger partial charge in [-0.15, -0.1) is 5.06 Å². The number of rotatable bonds is 7. The third-order valence-corrected chi connectivity index (χ3v) is 6.78. The first kappa shape index (κ1) is 22.1. The van der Waals surface area contributed by atoms with Gasteiger partial charge in [0, 0.05) is 53.4 Å². The minimum Gasteiger partial charge on any atom is -0.354 e. The number of para-hydroxylation sites is 1. The lowest BCUT2D eigenvalue weighted by Crippen LogP contribution is -2.33. The van der Waals surface area contributed by atoms with Crippen LogP contribution in [0.4, 0.5) is 0 Å². The number of hydrogen-bond donors (Lipinski definition) is 1. The molecule has 0 saturated carbocycles. The molecule has 0 atom stereocenters. The fraction of sp³-hybridized carbons (Fsp3) is 0.333. The third-order valence-electron chi connectivity index (χ3n) is 6.78. The van der Waals surface area contributed by atoms with Gasteiger partial charge in [-0.25, -0.2) is 9.36 Å². The van der Waals surface area contributed by atoms with Crippen molar-refractivity contribution < 1.29 is 23.8 Å². The van der Waals surface area contributed by atoms with Gasteiger partial charge in [-0.3, -0.25) is 9.59 Å². The van der Waals surface area contributed by atoms with Crippen LogP contribution in [0.3, 0.4) is 0 Å². The number of unbranched alkanes of at least 4 members (excludes halogenated alkanes) is 2. The predicted octanol–water partition coefficient (Wildman–Crippen LogP) is 4.55. The first-order valence-corrected chi connectivity index (χ1v) is 11.8. The van der Waals surface area contributed by atoms with Gasteiger partial charge in [0.15, 0.2) is 12.4 Å². The zero-order valence-corrected chi connectivity index (χ0v) is 19.5. The van der Waals surface area contributed by atoms with Gasteiger partial charge in [0.2, 0.25) is 0 Å². The zero-order valence-electron chi connectivity index (χ0n) is 19.5. The van der Waals surface area contributed by atoms with Crippen molar-refractivity contribution in [1.82, 2.24) is 10.0 Å². The lowest BCUT2D eigenvalue weighted by atomic mass is 9.97. The summed E-state index contributed by atoms with van der Waals surface area (Å²) in [6.07, 6.45) is 7.16. The van der Waals surface area contributed by atoms with Crippen LogP contribution < -0.4 is 4.57 Å². The molecular weight excluding hydrogens is 430 g/mol. The van der Waals surface area contributed by atoms with Crippen LogP contribution in [-0.4, -0.2) is 27.8 Å². The number of hydrogen-bond acceptors (Lipinski definition) is 4. The minimum atomic E-state index is -0.532. The molecule has 2 amide bonds. The molecule has 1 aliphatic rings. The molecule has 4 aromatic rings. The summed E-state index contributed by atoms with van der Waals surface area (Å²) in [7, 11) is 0. The van der Waals surface area contributed by atoms with Crippen molar-refractivity contribution in [2.75, 3.05) is 0 Å². The van der Waals surface area contributed by atoms with Crippen molar-refractivity contribution in [2.45, 2.75) is 58.9 Å². The lowest BCUT2D eigenvalue weighted by molar-refractivity contribution is -0.696. The first-order valence-electron chi connectivity index (χ1n) is 11.8. The Kier molecular flexibility index (Phi) is 5.77. The topological polar surface area (TPSA) is 83.3 Å². The van der Waals surface area contributed by atoms with E-state index in [0.29, 0.717) is 11.5 Å². The van der Waals surface area contributed by atoms with E-state index in [1.165, 1.54) is 38.2 Å². The smallest absolute Gasteiger partial charge is 0.333 e. The average molecular weight is 459 g/mol. The molecule has 174 valence electrons. The number of H-pyrrole nitrogens is 1. The van der Waals surface area contributed by atoms with E-state index in [2.05, 4.69) is 66.1 Å². The van der Waals surface area contributed by atoms with E-state index >= 15 is 0 Å². The number of fused-ring (bicyclic) bond motifs is 4. The van der Waals surface area contributed by atoms with Crippen LogP contribution >= 0.6 is 0 Å². The van der Waals surface area contributed by atoms with E-state index in [1.807, 2.05) is 0 Å². The number of nitrogens with zero attached hydrogens (tertiary/aromatic N) is 2. The second kappa shape index (κ2) is 8.89. The van der Waals surface area contributed by atoms with Gasteiger partial charge in [0.05, 0.1) is 5.52 Å². The molecule has 7 nitrogen and oxygen atoms in total. The van der Waals surface area contributed by atoms with Crippen LogP contribution in [0.1, 0.15) is 49.7 Å². The molecule has 1 fully saturated rings. The molecule has 3 heterocycles. The SMILES string of the molecule is Cc1c2cc[n+](CCCCCC(=O)ON3C(=O)CCC3=O)cc2c(C)c2c1[nH]c1ccccc12. The largest absolute Gasteiger partial charge is 0.354 e. The van der Waals surface area contributed by atoms with Crippen LogP contribution in [0.2, 0.25) is 0 Å². The highest BCUT2D eigenvalue weighted by Gasteiger charge is 2.32. The van der Waals surface area contributed by atoms with Gasteiger partial charge in [-0.05, 0) is 49.3 Å². The molecule has 0 spiro atoms. The summed E-state index contributed by atoms with van der Waals surface area (Å²) in [5.74, 6) is -1.42. The van der Waals surface area contributed by atoms with E-state index in [0.717, 1.165) is 24.9 Å². The van der Waals surface area contributed by atoms with Gasteiger partial charge in [0.1, 0.15) is 6.54 Å². The molecule has 1 N–H and O–H groups in total. The lowest BCUT2D eigenvalue weighted by Gasteiger charge is -2.12. The van der Waals surface area contributed by atoms with Gasteiger partial charge in [-0.1, -0.05) is 18.2 Å². The third kappa shape index (κ3) is 3.91. The number of pyridine rings is 1. The highest BCUT2D eigenvalue weighted by atomic mass is 16.7. The van der Waals surface area contributed by atoms with Crippen molar-refractivity contribution in [3.8, 4) is 0 Å². The molecule has 2 aromatic carbocycles. The van der Waals surface area contributed by atoms with Crippen LogP contribution in [0, 0.1) is 13.8 Å². The Morgan fingerprint density at radius 3 is 2.53 bits per heavy atom. The van der Waals surface area contributed by atoms with Crippen LogP contribution in [0.15, 0.2) is 42.7 Å². The van der Waals surface area contributed by atoms with Crippen LogP contribution in [0.5, 0.6) is 0 Å². The standard InChI is InChI=1S/C27H27N3O4/c1-17-21-16-29(14-7-3-4-10-25(33)34-30-23(31)11-12-24(30)32)15-13-19(21)18(2)27-26(17)20-8-5-6-9-22(20)28-27/h5-6,8-9,13,15-16H,3-4,7,10-12,14H2,1-2H3/p+1.